The maximum Gasteiger partial charge on any atom is 0.328 e. The van der Waals surface area contributed by atoms with Crippen LogP contribution in [0.5, 0.6) is 0 Å². The Labute approximate surface area is 159 Å². The highest BCUT2D eigenvalue weighted by molar-refractivity contribution is 5.88. The Balaban J connectivity index is 1.74. The Bertz CT molecular complexity index is 666. The van der Waals surface area contributed by atoms with E-state index in [1.54, 1.807) is 44.1 Å². The summed E-state index contributed by atoms with van der Waals surface area (Å²) in [4.78, 5) is 48.2. The summed E-state index contributed by atoms with van der Waals surface area (Å²) in [6.07, 6.45) is 3.36. The zero-order valence-corrected chi connectivity index (χ0v) is 16.3. The van der Waals surface area contributed by atoms with Gasteiger partial charge in [-0.3, -0.25) is 9.59 Å². The Hall–Kier alpha value is -2.71. The topological polar surface area (TPSA) is 105 Å². The highest BCUT2D eigenvalue weighted by atomic mass is 16.5. The molecular formula is C18H27N5O4. The first kappa shape index (κ1) is 20.6. The van der Waals surface area contributed by atoms with Gasteiger partial charge in [-0.25, -0.2) is 14.8 Å². The van der Waals surface area contributed by atoms with Gasteiger partial charge in [-0.1, -0.05) is 20.8 Å². The van der Waals surface area contributed by atoms with E-state index in [2.05, 4.69) is 15.3 Å². The summed E-state index contributed by atoms with van der Waals surface area (Å²) >= 11 is 0. The van der Waals surface area contributed by atoms with Gasteiger partial charge in [0.1, 0.15) is 6.04 Å². The highest BCUT2D eigenvalue weighted by Crippen LogP contribution is 2.13. The van der Waals surface area contributed by atoms with Crippen molar-refractivity contribution in [2.45, 2.75) is 33.7 Å². The summed E-state index contributed by atoms with van der Waals surface area (Å²) < 4.78 is 5.06. The van der Waals surface area contributed by atoms with Gasteiger partial charge in [0.25, 0.3) is 5.91 Å². The average molecular weight is 377 g/mol. The maximum atomic E-state index is 12.3. The van der Waals surface area contributed by atoms with E-state index >= 15 is 0 Å². The second-order valence-corrected chi connectivity index (χ2v) is 7.47. The fourth-order valence-electron chi connectivity index (χ4n) is 2.43. The Morgan fingerprint density at radius 3 is 2.30 bits per heavy atom. The number of hydrogen-bond acceptors (Lipinski definition) is 7. The van der Waals surface area contributed by atoms with Crippen molar-refractivity contribution < 1.29 is 19.1 Å². The number of carbonyl (C=O) groups is 3. The van der Waals surface area contributed by atoms with Crippen molar-refractivity contribution in [3.05, 3.63) is 18.5 Å². The summed E-state index contributed by atoms with van der Waals surface area (Å²) in [6, 6.07) is 0.944. The predicted octanol–water partition coefficient (Wildman–Crippen LogP) is 0.219. The van der Waals surface area contributed by atoms with Gasteiger partial charge in [-0.15, -0.1) is 0 Å². The number of rotatable bonds is 5. The molecule has 0 unspecified atom stereocenters. The van der Waals surface area contributed by atoms with E-state index in [1.807, 2.05) is 4.90 Å². The van der Waals surface area contributed by atoms with Crippen LogP contribution in [0.3, 0.4) is 0 Å². The van der Waals surface area contributed by atoms with Gasteiger partial charge in [0.05, 0.1) is 0 Å². The Morgan fingerprint density at radius 2 is 1.74 bits per heavy atom. The number of nitrogens with zero attached hydrogens (tertiary/aromatic N) is 4. The molecule has 0 aromatic carbocycles. The molecule has 2 rings (SSSR count). The molecular weight excluding hydrogens is 350 g/mol. The quantitative estimate of drug-likeness (QED) is 0.732. The van der Waals surface area contributed by atoms with E-state index in [0.717, 1.165) is 0 Å². The smallest absolute Gasteiger partial charge is 0.328 e. The number of ether oxygens (including phenoxy) is 1. The second kappa shape index (κ2) is 8.79. The standard InChI is InChI=1S/C18H27N5O4/c1-13(21-16(26)18(2,3)4)15(25)27-12-14(24)22-8-10-23(11-9-22)17-19-6-5-7-20-17/h5-7,13H,8-12H2,1-4H3,(H,21,26)/t13-/m0/s1. The molecule has 9 nitrogen and oxygen atoms in total. The van der Waals surface area contributed by atoms with Crippen LogP contribution >= 0.6 is 0 Å². The lowest BCUT2D eigenvalue weighted by molar-refractivity contribution is -0.154. The Kier molecular flexibility index (Phi) is 6.70. The van der Waals surface area contributed by atoms with Crippen LogP contribution in [0, 0.1) is 5.41 Å². The fraction of sp³-hybridized carbons (Fsp3) is 0.611. The number of carbonyl (C=O) groups excluding carboxylic acids is 3. The molecule has 1 aromatic heterocycles. The zero-order valence-electron chi connectivity index (χ0n) is 16.3. The molecule has 1 fully saturated rings. The highest BCUT2D eigenvalue weighted by Gasteiger charge is 2.27. The molecule has 1 N–H and O–H groups in total. The zero-order chi connectivity index (χ0) is 20.0. The van der Waals surface area contributed by atoms with Gasteiger partial charge in [-0.2, -0.15) is 0 Å². The summed E-state index contributed by atoms with van der Waals surface area (Å²) in [5.74, 6) is -0.499. The molecule has 1 aliphatic rings. The van der Waals surface area contributed by atoms with E-state index in [4.69, 9.17) is 4.74 Å². The number of nitrogens with one attached hydrogen (secondary N) is 1. The van der Waals surface area contributed by atoms with Crippen molar-refractivity contribution in [1.29, 1.82) is 0 Å². The number of anilines is 1. The van der Waals surface area contributed by atoms with Gasteiger partial charge < -0.3 is 19.9 Å². The summed E-state index contributed by atoms with van der Waals surface area (Å²) in [5.41, 5.74) is -0.605. The van der Waals surface area contributed by atoms with Crippen molar-refractivity contribution in [3.8, 4) is 0 Å². The number of esters is 1. The third-order valence-corrected chi connectivity index (χ3v) is 4.19. The van der Waals surface area contributed by atoms with Gasteiger partial charge in [0.2, 0.25) is 11.9 Å². The van der Waals surface area contributed by atoms with Gasteiger partial charge in [-0.05, 0) is 13.0 Å². The second-order valence-electron chi connectivity index (χ2n) is 7.47. The lowest BCUT2D eigenvalue weighted by Gasteiger charge is -2.34. The van der Waals surface area contributed by atoms with Crippen LogP contribution < -0.4 is 10.2 Å². The fourth-order valence-corrected chi connectivity index (χ4v) is 2.43. The third-order valence-electron chi connectivity index (χ3n) is 4.19. The first-order valence-corrected chi connectivity index (χ1v) is 8.96. The number of amides is 2. The van der Waals surface area contributed by atoms with Crippen molar-refractivity contribution >= 4 is 23.7 Å². The number of piperazine rings is 1. The van der Waals surface area contributed by atoms with Crippen molar-refractivity contribution in [3.63, 3.8) is 0 Å². The first-order valence-electron chi connectivity index (χ1n) is 8.96. The van der Waals surface area contributed by atoms with Gasteiger partial charge in [0, 0.05) is 44.0 Å². The molecule has 1 saturated heterocycles. The van der Waals surface area contributed by atoms with Crippen LogP contribution in [0.25, 0.3) is 0 Å². The molecule has 1 aromatic rings. The minimum Gasteiger partial charge on any atom is -0.454 e. The lowest BCUT2D eigenvalue weighted by Crippen LogP contribution is -2.51. The number of aromatic nitrogens is 2. The molecule has 9 heteroatoms. The number of hydrogen-bond donors (Lipinski definition) is 1. The largest absolute Gasteiger partial charge is 0.454 e. The predicted molar refractivity (Wildman–Crippen MR) is 98.8 cm³/mol. The molecule has 2 amide bonds. The van der Waals surface area contributed by atoms with E-state index in [0.29, 0.717) is 32.1 Å². The maximum absolute atomic E-state index is 12.3. The average Bonchev–Trinajstić information content (AvgIpc) is 2.65. The van der Waals surface area contributed by atoms with Crippen molar-refractivity contribution in [2.75, 3.05) is 37.7 Å². The van der Waals surface area contributed by atoms with E-state index in [9.17, 15) is 14.4 Å². The van der Waals surface area contributed by atoms with E-state index in [-0.39, 0.29) is 18.4 Å². The molecule has 0 spiro atoms. The van der Waals surface area contributed by atoms with Crippen LogP contribution in [0.15, 0.2) is 18.5 Å². The minimum atomic E-state index is -0.809. The summed E-state index contributed by atoms with van der Waals surface area (Å²) in [7, 11) is 0. The minimum absolute atomic E-state index is 0.252. The molecule has 1 aliphatic heterocycles. The Morgan fingerprint density at radius 1 is 1.15 bits per heavy atom. The van der Waals surface area contributed by atoms with E-state index in [1.165, 1.54) is 6.92 Å². The van der Waals surface area contributed by atoms with Gasteiger partial charge >= 0.3 is 5.97 Å². The van der Waals surface area contributed by atoms with Crippen LogP contribution in [0.4, 0.5) is 5.95 Å². The van der Waals surface area contributed by atoms with Crippen molar-refractivity contribution in [1.82, 2.24) is 20.2 Å². The molecule has 0 saturated carbocycles. The molecule has 0 radical (unpaired) electrons. The van der Waals surface area contributed by atoms with Gasteiger partial charge in [0.15, 0.2) is 6.61 Å². The molecule has 148 valence electrons. The van der Waals surface area contributed by atoms with Crippen LogP contribution in [-0.4, -0.2) is 71.5 Å². The summed E-state index contributed by atoms with van der Waals surface area (Å²) in [5, 5.41) is 2.59. The normalized spacial score (nSPS) is 15.9. The lowest BCUT2D eigenvalue weighted by atomic mass is 9.95. The van der Waals surface area contributed by atoms with E-state index < -0.39 is 17.4 Å². The monoisotopic (exact) mass is 377 g/mol. The molecule has 27 heavy (non-hydrogen) atoms. The molecule has 0 bridgehead atoms. The SMILES string of the molecule is C[C@H](NC(=O)C(C)(C)C)C(=O)OCC(=O)N1CCN(c2ncccn2)CC1. The van der Waals surface area contributed by atoms with Crippen LogP contribution in [-0.2, 0) is 19.1 Å². The third kappa shape index (κ3) is 5.90. The van der Waals surface area contributed by atoms with Crippen molar-refractivity contribution in [2.24, 2.45) is 5.41 Å². The molecule has 0 aliphatic carbocycles. The molecule has 1 atom stereocenters. The van der Waals surface area contributed by atoms with Crippen LogP contribution in [0.1, 0.15) is 27.7 Å². The first-order chi connectivity index (χ1) is 12.7. The summed E-state index contributed by atoms with van der Waals surface area (Å²) in [6.45, 7) is 8.70. The molecule has 2 heterocycles. The van der Waals surface area contributed by atoms with Crippen LogP contribution in [0.2, 0.25) is 0 Å².